The second kappa shape index (κ2) is 7.23. The molecule has 0 spiro atoms. The molecule has 1 atom stereocenters. The molecule has 142 valence electrons. The van der Waals surface area contributed by atoms with Gasteiger partial charge in [-0.25, -0.2) is 4.79 Å². The van der Waals surface area contributed by atoms with E-state index in [4.69, 9.17) is 16.1 Å². The second-order valence-electron chi connectivity index (χ2n) is 7.09. The summed E-state index contributed by atoms with van der Waals surface area (Å²) in [5.74, 6) is -0.351. The fourth-order valence-corrected chi connectivity index (χ4v) is 3.59. The number of benzene rings is 1. The number of nitrogens with zero attached hydrogens (tertiary/aromatic N) is 2. The van der Waals surface area contributed by atoms with Gasteiger partial charge in [0.1, 0.15) is 0 Å². The molecule has 1 aliphatic heterocycles. The summed E-state index contributed by atoms with van der Waals surface area (Å²) in [5.41, 5.74) is 0.578. The molecule has 4 rings (SSSR count). The van der Waals surface area contributed by atoms with Gasteiger partial charge in [-0.2, -0.15) is 0 Å². The number of piperidine rings is 1. The van der Waals surface area contributed by atoms with Crippen LogP contribution in [0.2, 0.25) is 5.02 Å². The summed E-state index contributed by atoms with van der Waals surface area (Å²) in [7, 11) is 0. The summed E-state index contributed by atoms with van der Waals surface area (Å²) >= 11 is 5.89. The number of carboxylic acid groups (broad SMARTS) is 1. The van der Waals surface area contributed by atoms with Gasteiger partial charge in [0.05, 0.1) is 0 Å². The van der Waals surface area contributed by atoms with E-state index >= 15 is 0 Å². The maximum Gasteiger partial charge on any atom is 0.343 e. The van der Waals surface area contributed by atoms with Crippen molar-refractivity contribution in [2.24, 2.45) is 5.92 Å². The number of carbonyl (C=O) groups excluding carboxylic acids is 1. The molecule has 1 aromatic carbocycles. The molecular formula is C19H20ClN3O4. The van der Waals surface area contributed by atoms with Crippen molar-refractivity contribution >= 4 is 29.3 Å². The van der Waals surface area contributed by atoms with Crippen LogP contribution in [-0.4, -0.2) is 46.2 Å². The molecule has 1 aromatic heterocycles. The number of halogens is 1. The van der Waals surface area contributed by atoms with E-state index in [2.05, 4.69) is 10.5 Å². The van der Waals surface area contributed by atoms with Gasteiger partial charge in [-0.15, -0.1) is 0 Å². The number of amides is 1. The van der Waals surface area contributed by atoms with E-state index in [0.717, 1.165) is 32.2 Å². The minimum absolute atomic E-state index is 0.0111. The third kappa shape index (κ3) is 3.78. The SMILES string of the molecule is O=C(O)c1c(NC2CCCN(C(=O)C3CC3)C2)noc1-c1ccc(Cl)cc1. The first-order valence-electron chi connectivity index (χ1n) is 9.07. The number of rotatable bonds is 5. The highest BCUT2D eigenvalue weighted by atomic mass is 35.5. The molecule has 7 nitrogen and oxygen atoms in total. The van der Waals surface area contributed by atoms with Crippen LogP contribution >= 0.6 is 11.6 Å². The van der Waals surface area contributed by atoms with Crippen LogP contribution in [0, 0.1) is 5.92 Å². The molecule has 1 saturated carbocycles. The van der Waals surface area contributed by atoms with Gasteiger partial charge in [0, 0.05) is 35.6 Å². The normalized spacial score (nSPS) is 19.7. The number of hydrogen-bond donors (Lipinski definition) is 2. The summed E-state index contributed by atoms with van der Waals surface area (Å²) in [4.78, 5) is 26.0. The molecule has 2 heterocycles. The summed E-state index contributed by atoms with van der Waals surface area (Å²) in [6, 6.07) is 6.66. The zero-order valence-corrected chi connectivity index (χ0v) is 15.4. The maximum absolute atomic E-state index is 12.3. The first-order chi connectivity index (χ1) is 13.0. The van der Waals surface area contributed by atoms with Gasteiger partial charge in [-0.05, 0) is 49.9 Å². The number of aromatic carboxylic acids is 1. The van der Waals surface area contributed by atoms with E-state index < -0.39 is 5.97 Å². The van der Waals surface area contributed by atoms with E-state index in [1.807, 2.05) is 4.90 Å². The highest BCUT2D eigenvalue weighted by molar-refractivity contribution is 6.30. The zero-order chi connectivity index (χ0) is 19.0. The monoisotopic (exact) mass is 389 g/mol. The summed E-state index contributed by atoms with van der Waals surface area (Å²) in [6.45, 7) is 1.31. The first-order valence-corrected chi connectivity index (χ1v) is 9.45. The number of aromatic nitrogens is 1. The van der Waals surface area contributed by atoms with Gasteiger partial charge in [0.25, 0.3) is 0 Å². The van der Waals surface area contributed by atoms with E-state index in [1.165, 1.54) is 0 Å². The van der Waals surface area contributed by atoms with Gasteiger partial charge < -0.3 is 19.8 Å². The lowest BCUT2D eigenvalue weighted by Gasteiger charge is -2.33. The Bertz CT molecular complexity index is 860. The molecule has 8 heteroatoms. The molecule has 2 N–H and O–H groups in total. The number of carbonyl (C=O) groups is 2. The Hall–Kier alpha value is -2.54. The molecule has 1 amide bonds. The fourth-order valence-electron chi connectivity index (χ4n) is 3.46. The number of carboxylic acids is 1. The fraction of sp³-hybridized carbons (Fsp3) is 0.421. The molecule has 27 heavy (non-hydrogen) atoms. The first kappa shape index (κ1) is 17.9. The molecule has 1 saturated heterocycles. The summed E-state index contributed by atoms with van der Waals surface area (Å²) in [5, 5.41) is 17.3. The molecule has 1 aliphatic carbocycles. The molecule has 0 bridgehead atoms. The Labute approximate surface area is 161 Å². The van der Waals surface area contributed by atoms with E-state index in [1.54, 1.807) is 24.3 Å². The zero-order valence-electron chi connectivity index (χ0n) is 14.7. The highest BCUT2D eigenvalue weighted by Gasteiger charge is 2.36. The average Bonchev–Trinajstić information content (AvgIpc) is 3.42. The van der Waals surface area contributed by atoms with Crippen LogP contribution in [0.3, 0.4) is 0 Å². The molecule has 2 aromatic rings. The second-order valence-corrected chi connectivity index (χ2v) is 7.53. The third-order valence-corrected chi connectivity index (χ3v) is 5.26. The minimum Gasteiger partial charge on any atom is -0.477 e. The van der Waals surface area contributed by atoms with E-state index in [0.29, 0.717) is 17.1 Å². The maximum atomic E-state index is 12.3. The summed E-state index contributed by atoms with van der Waals surface area (Å²) < 4.78 is 5.33. The quantitative estimate of drug-likeness (QED) is 0.812. The average molecular weight is 390 g/mol. The number of likely N-dealkylation sites (tertiary alicyclic amines) is 1. The van der Waals surface area contributed by atoms with E-state index in [9.17, 15) is 14.7 Å². The van der Waals surface area contributed by atoms with Crippen molar-refractivity contribution in [2.75, 3.05) is 18.4 Å². The van der Waals surface area contributed by atoms with Gasteiger partial charge in [-0.3, -0.25) is 4.79 Å². The van der Waals surface area contributed by atoms with Crippen molar-refractivity contribution in [1.82, 2.24) is 10.1 Å². The predicted octanol–water partition coefficient (Wildman–Crippen LogP) is 3.51. The number of anilines is 1. The topological polar surface area (TPSA) is 95.7 Å². The van der Waals surface area contributed by atoms with Gasteiger partial charge in [-0.1, -0.05) is 16.8 Å². The van der Waals surface area contributed by atoms with Gasteiger partial charge in [0.15, 0.2) is 17.1 Å². The lowest BCUT2D eigenvalue weighted by molar-refractivity contribution is -0.133. The van der Waals surface area contributed by atoms with Crippen molar-refractivity contribution in [1.29, 1.82) is 0 Å². The molecule has 2 aliphatic rings. The largest absolute Gasteiger partial charge is 0.477 e. The Morgan fingerprint density at radius 2 is 1.96 bits per heavy atom. The van der Waals surface area contributed by atoms with E-state index in [-0.39, 0.29) is 35.0 Å². The Kier molecular flexibility index (Phi) is 4.78. The minimum atomic E-state index is -1.12. The van der Waals surface area contributed by atoms with Crippen molar-refractivity contribution in [2.45, 2.75) is 31.7 Å². The standard InChI is InChI=1S/C19H20ClN3O4/c20-13-7-5-11(6-8-13)16-15(19(25)26)17(22-27-16)21-14-2-1-9-23(10-14)18(24)12-3-4-12/h5-8,12,14H,1-4,9-10H2,(H,21,22)(H,25,26). The smallest absolute Gasteiger partial charge is 0.343 e. The van der Waals surface area contributed by atoms with Crippen LogP contribution in [0.4, 0.5) is 5.82 Å². The van der Waals surface area contributed by atoms with Gasteiger partial charge in [0.2, 0.25) is 5.91 Å². The van der Waals surface area contributed by atoms with Crippen molar-refractivity contribution in [3.63, 3.8) is 0 Å². The number of hydrogen-bond acceptors (Lipinski definition) is 5. The molecule has 0 radical (unpaired) electrons. The molecular weight excluding hydrogens is 370 g/mol. The van der Waals surface area contributed by atoms with Crippen LogP contribution in [0.25, 0.3) is 11.3 Å². The van der Waals surface area contributed by atoms with Gasteiger partial charge >= 0.3 is 5.97 Å². The van der Waals surface area contributed by atoms with Crippen LogP contribution < -0.4 is 5.32 Å². The lowest BCUT2D eigenvalue weighted by Crippen LogP contribution is -2.45. The van der Waals surface area contributed by atoms with Crippen LogP contribution in [0.5, 0.6) is 0 Å². The highest BCUT2D eigenvalue weighted by Crippen LogP contribution is 2.33. The Balaban J connectivity index is 1.54. The third-order valence-electron chi connectivity index (χ3n) is 5.01. The van der Waals surface area contributed by atoms with Crippen molar-refractivity contribution in [3.05, 3.63) is 34.9 Å². The number of nitrogens with one attached hydrogen (secondary N) is 1. The van der Waals surface area contributed by atoms with Crippen molar-refractivity contribution < 1.29 is 19.2 Å². The van der Waals surface area contributed by atoms with Crippen LogP contribution in [-0.2, 0) is 4.79 Å². The lowest BCUT2D eigenvalue weighted by atomic mass is 10.0. The van der Waals surface area contributed by atoms with Crippen LogP contribution in [0.15, 0.2) is 28.8 Å². The van der Waals surface area contributed by atoms with Crippen molar-refractivity contribution in [3.8, 4) is 11.3 Å². The Morgan fingerprint density at radius 3 is 2.63 bits per heavy atom. The Morgan fingerprint density at radius 1 is 1.22 bits per heavy atom. The van der Waals surface area contributed by atoms with Crippen LogP contribution in [0.1, 0.15) is 36.0 Å². The predicted molar refractivity (Wildman–Crippen MR) is 99.9 cm³/mol. The molecule has 2 fully saturated rings. The molecule has 1 unspecified atom stereocenters. The summed E-state index contributed by atoms with van der Waals surface area (Å²) in [6.07, 6.45) is 3.67.